The molecule has 134 valence electrons. The maximum absolute atomic E-state index is 11.7. The molecule has 1 aromatic carbocycles. The molecule has 3 rings (SSSR count). The SMILES string of the molecule is Cc1nc2n(n1)C[C@@H](NCc1ccccc1OCC(=O)N(C)C)CC2. The number of nitrogens with one attached hydrogen (secondary N) is 1. The summed E-state index contributed by atoms with van der Waals surface area (Å²) in [5.74, 6) is 2.60. The van der Waals surface area contributed by atoms with Gasteiger partial charge in [-0.3, -0.25) is 4.79 Å². The zero-order valence-electron chi connectivity index (χ0n) is 15.0. The number of nitrogens with zero attached hydrogens (tertiary/aromatic N) is 4. The molecule has 7 nitrogen and oxygen atoms in total. The first-order valence-corrected chi connectivity index (χ1v) is 8.57. The summed E-state index contributed by atoms with van der Waals surface area (Å²) in [5, 5.41) is 8.01. The number of fused-ring (bicyclic) bond motifs is 1. The number of hydrogen-bond acceptors (Lipinski definition) is 5. The Labute approximate surface area is 148 Å². The van der Waals surface area contributed by atoms with Gasteiger partial charge < -0.3 is 15.0 Å². The molecule has 1 aromatic heterocycles. The molecule has 0 saturated heterocycles. The normalized spacial score (nSPS) is 16.4. The van der Waals surface area contributed by atoms with E-state index >= 15 is 0 Å². The Kier molecular flexibility index (Phi) is 5.33. The lowest BCUT2D eigenvalue weighted by Crippen LogP contribution is -2.37. The number of para-hydroxylation sites is 1. The van der Waals surface area contributed by atoms with Gasteiger partial charge in [0.1, 0.15) is 17.4 Å². The van der Waals surface area contributed by atoms with E-state index in [9.17, 15) is 4.79 Å². The molecular formula is C18H25N5O2. The summed E-state index contributed by atoms with van der Waals surface area (Å²) in [6, 6.07) is 8.18. The highest BCUT2D eigenvalue weighted by Crippen LogP contribution is 2.19. The van der Waals surface area contributed by atoms with E-state index in [4.69, 9.17) is 4.74 Å². The predicted octanol–water partition coefficient (Wildman–Crippen LogP) is 1.16. The van der Waals surface area contributed by atoms with Crippen molar-refractivity contribution >= 4 is 5.91 Å². The fourth-order valence-electron chi connectivity index (χ4n) is 2.91. The van der Waals surface area contributed by atoms with Crippen LogP contribution in [-0.4, -0.2) is 52.3 Å². The fraction of sp³-hybridized carbons (Fsp3) is 0.500. The lowest BCUT2D eigenvalue weighted by Gasteiger charge is -2.24. The van der Waals surface area contributed by atoms with Crippen molar-refractivity contribution in [3.8, 4) is 5.75 Å². The van der Waals surface area contributed by atoms with Gasteiger partial charge in [-0.2, -0.15) is 5.10 Å². The average molecular weight is 343 g/mol. The van der Waals surface area contributed by atoms with Crippen LogP contribution in [0.25, 0.3) is 0 Å². The van der Waals surface area contributed by atoms with E-state index in [1.165, 1.54) is 4.90 Å². The van der Waals surface area contributed by atoms with Crippen molar-refractivity contribution in [1.82, 2.24) is 25.0 Å². The van der Waals surface area contributed by atoms with Crippen LogP contribution in [0.15, 0.2) is 24.3 Å². The lowest BCUT2D eigenvalue weighted by atomic mass is 10.1. The van der Waals surface area contributed by atoms with Crippen molar-refractivity contribution < 1.29 is 9.53 Å². The Morgan fingerprint density at radius 3 is 3.00 bits per heavy atom. The van der Waals surface area contributed by atoms with Gasteiger partial charge in [0.2, 0.25) is 0 Å². The number of aromatic nitrogens is 3. The molecule has 2 aromatic rings. The first kappa shape index (κ1) is 17.4. The van der Waals surface area contributed by atoms with Crippen LogP contribution in [0.2, 0.25) is 0 Å². The summed E-state index contributed by atoms with van der Waals surface area (Å²) in [4.78, 5) is 17.7. The van der Waals surface area contributed by atoms with Crippen molar-refractivity contribution in [3.63, 3.8) is 0 Å². The summed E-state index contributed by atoms with van der Waals surface area (Å²) < 4.78 is 7.70. The monoisotopic (exact) mass is 343 g/mol. The zero-order chi connectivity index (χ0) is 17.8. The van der Waals surface area contributed by atoms with Gasteiger partial charge in [-0.1, -0.05) is 18.2 Å². The van der Waals surface area contributed by atoms with E-state index in [0.29, 0.717) is 12.6 Å². The number of likely N-dealkylation sites (N-methyl/N-ethyl adjacent to an activating group) is 1. The number of benzene rings is 1. The second kappa shape index (κ2) is 7.65. The Bertz CT molecular complexity index is 741. The molecule has 1 atom stereocenters. The quantitative estimate of drug-likeness (QED) is 0.852. The molecule has 0 aliphatic carbocycles. The molecule has 0 unspecified atom stereocenters. The molecule has 25 heavy (non-hydrogen) atoms. The number of rotatable bonds is 6. The molecule has 2 heterocycles. The van der Waals surface area contributed by atoms with E-state index < -0.39 is 0 Å². The molecule has 1 amide bonds. The molecule has 1 aliphatic rings. The maximum atomic E-state index is 11.7. The van der Waals surface area contributed by atoms with E-state index in [-0.39, 0.29) is 12.5 Å². The molecule has 7 heteroatoms. The van der Waals surface area contributed by atoms with Gasteiger partial charge in [0, 0.05) is 38.7 Å². The first-order chi connectivity index (χ1) is 12.0. The van der Waals surface area contributed by atoms with Gasteiger partial charge in [-0.25, -0.2) is 9.67 Å². The van der Waals surface area contributed by atoms with Crippen LogP contribution in [0.4, 0.5) is 0 Å². The first-order valence-electron chi connectivity index (χ1n) is 8.57. The van der Waals surface area contributed by atoms with Crippen LogP contribution in [0.1, 0.15) is 23.6 Å². The number of carbonyl (C=O) groups is 1. The molecule has 0 saturated carbocycles. The highest BCUT2D eigenvalue weighted by atomic mass is 16.5. The number of carbonyl (C=O) groups excluding carboxylic acids is 1. The minimum Gasteiger partial charge on any atom is -0.483 e. The van der Waals surface area contributed by atoms with Gasteiger partial charge in [-0.05, 0) is 19.4 Å². The Hall–Kier alpha value is -2.41. The zero-order valence-corrected chi connectivity index (χ0v) is 15.0. The van der Waals surface area contributed by atoms with Gasteiger partial charge in [-0.15, -0.1) is 0 Å². The molecule has 1 N–H and O–H groups in total. The minimum atomic E-state index is -0.0517. The number of amides is 1. The number of aryl methyl sites for hydroxylation is 2. The largest absolute Gasteiger partial charge is 0.483 e. The third-order valence-electron chi connectivity index (χ3n) is 4.37. The van der Waals surface area contributed by atoms with Gasteiger partial charge >= 0.3 is 0 Å². The van der Waals surface area contributed by atoms with E-state index in [1.807, 2.05) is 35.9 Å². The Morgan fingerprint density at radius 2 is 2.20 bits per heavy atom. The van der Waals surface area contributed by atoms with Gasteiger partial charge in [0.05, 0.1) is 6.54 Å². The topological polar surface area (TPSA) is 72.3 Å². The van der Waals surface area contributed by atoms with Crippen LogP contribution in [-0.2, 0) is 24.3 Å². The molecule has 0 spiro atoms. The van der Waals surface area contributed by atoms with Crippen LogP contribution in [0.3, 0.4) is 0 Å². The van der Waals surface area contributed by atoms with Gasteiger partial charge in [0.25, 0.3) is 5.91 Å². The Balaban J connectivity index is 1.57. The van der Waals surface area contributed by atoms with Crippen LogP contribution >= 0.6 is 0 Å². The summed E-state index contributed by atoms with van der Waals surface area (Å²) in [6.07, 6.45) is 1.98. The second-order valence-electron chi connectivity index (χ2n) is 6.56. The summed E-state index contributed by atoms with van der Waals surface area (Å²) in [6.45, 7) is 3.50. The summed E-state index contributed by atoms with van der Waals surface area (Å²) in [7, 11) is 3.45. The average Bonchev–Trinajstić information content (AvgIpc) is 2.97. The highest BCUT2D eigenvalue weighted by molar-refractivity contribution is 5.77. The summed E-state index contributed by atoms with van der Waals surface area (Å²) in [5.41, 5.74) is 1.05. The standard InChI is InChI=1S/C18H25N5O2/c1-13-20-17-9-8-15(11-23(17)21-13)19-10-14-6-4-5-7-16(14)25-12-18(24)22(2)3/h4-7,15,19H,8-12H2,1-3H3/t15-/m0/s1. The second-order valence-corrected chi connectivity index (χ2v) is 6.56. The molecule has 1 aliphatic heterocycles. The van der Waals surface area contributed by atoms with E-state index in [1.54, 1.807) is 14.1 Å². The van der Waals surface area contributed by atoms with Gasteiger partial charge in [0.15, 0.2) is 6.61 Å². The summed E-state index contributed by atoms with van der Waals surface area (Å²) >= 11 is 0. The van der Waals surface area contributed by atoms with Crippen molar-refractivity contribution in [1.29, 1.82) is 0 Å². The minimum absolute atomic E-state index is 0.0506. The molecule has 0 fully saturated rings. The van der Waals surface area contributed by atoms with Crippen molar-refractivity contribution in [2.75, 3.05) is 20.7 Å². The van der Waals surface area contributed by atoms with Crippen LogP contribution in [0.5, 0.6) is 5.75 Å². The number of ether oxygens (including phenoxy) is 1. The molecular weight excluding hydrogens is 318 g/mol. The van der Waals surface area contributed by atoms with E-state index in [2.05, 4.69) is 15.4 Å². The fourth-order valence-corrected chi connectivity index (χ4v) is 2.91. The van der Waals surface area contributed by atoms with Crippen molar-refractivity contribution in [2.24, 2.45) is 0 Å². The number of hydrogen-bond donors (Lipinski definition) is 1. The van der Waals surface area contributed by atoms with Crippen LogP contribution in [0, 0.1) is 6.92 Å². The van der Waals surface area contributed by atoms with Crippen LogP contribution < -0.4 is 10.1 Å². The Morgan fingerprint density at radius 1 is 1.40 bits per heavy atom. The smallest absolute Gasteiger partial charge is 0.259 e. The third kappa shape index (κ3) is 4.36. The van der Waals surface area contributed by atoms with Crippen molar-refractivity contribution in [3.05, 3.63) is 41.5 Å². The predicted molar refractivity (Wildman–Crippen MR) is 94.3 cm³/mol. The van der Waals surface area contributed by atoms with E-state index in [0.717, 1.165) is 42.3 Å². The molecule has 0 radical (unpaired) electrons. The van der Waals surface area contributed by atoms with Crippen molar-refractivity contribution in [2.45, 2.75) is 38.9 Å². The lowest BCUT2D eigenvalue weighted by molar-refractivity contribution is -0.130. The highest BCUT2D eigenvalue weighted by Gasteiger charge is 2.20. The molecule has 0 bridgehead atoms. The maximum Gasteiger partial charge on any atom is 0.259 e. The third-order valence-corrected chi connectivity index (χ3v) is 4.37.